The van der Waals surface area contributed by atoms with Crippen molar-refractivity contribution in [2.24, 2.45) is 0 Å². The predicted octanol–water partition coefficient (Wildman–Crippen LogP) is 3.39. The highest BCUT2D eigenvalue weighted by Gasteiger charge is 2.18. The Kier molecular flexibility index (Phi) is 6.81. The maximum absolute atomic E-state index is 12.2. The average Bonchev–Trinajstić information content (AvgIpc) is 2.56. The van der Waals surface area contributed by atoms with Crippen LogP contribution in [0.15, 0.2) is 46.2 Å². The normalized spacial score (nSPS) is 12.3. The van der Waals surface area contributed by atoms with E-state index >= 15 is 0 Å². The fraction of sp³-hybridized carbons (Fsp3) is 0.250. The summed E-state index contributed by atoms with van der Waals surface area (Å²) in [7, 11) is -6.11. The van der Waals surface area contributed by atoms with E-state index in [9.17, 15) is 16.8 Å². The molecule has 0 atom stereocenters. The molecule has 6 nitrogen and oxygen atoms in total. The fourth-order valence-electron chi connectivity index (χ4n) is 1.98. The molecular formula is C16H20N2O4S4. The van der Waals surface area contributed by atoms with E-state index in [2.05, 4.69) is 8.25 Å². The molecule has 10 heteroatoms. The second kappa shape index (κ2) is 8.32. The number of benzene rings is 2. The molecule has 0 fully saturated rings. The second-order valence-corrected chi connectivity index (χ2v) is 11.5. The van der Waals surface area contributed by atoms with Gasteiger partial charge in [0.25, 0.3) is 0 Å². The molecule has 26 heavy (non-hydrogen) atoms. The number of rotatable bonds is 7. The van der Waals surface area contributed by atoms with Gasteiger partial charge in [0.15, 0.2) is 0 Å². The lowest BCUT2D eigenvalue weighted by Gasteiger charge is -2.09. The highest BCUT2D eigenvalue weighted by Crippen LogP contribution is 2.23. The van der Waals surface area contributed by atoms with Gasteiger partial charge in [-0.25, -0.2) is 16.8 Å². The molecule has 0 spiro atoms. The van der Waals surface area contributed by atoms with Gasteiger partial charge in [-0.2, -0.15) is 0 Å². The van der Waals surface area contributed by atoms with Crippen LogP contribution in [0.5, 0.6) is 0 Å². The lowest BCUT2D eigenvalue weighted by molar-refractivity contribution is 0.592. The van der Waals surface area contributed by atoms with Crippen molar-refractivity contribution in [2.75, 3.05) is 0 Å². The third-order valence-corrected chi connectivity index (χ3v) is 9.51. The number of hydrogen-bond acceptors (Lipinski definition) is 6. The molecule has 0 aromatic heterocycles. The van der Waals surface area contributed by atoms with Gasteiger partial charge >= 0.3 is 0 Å². The van der Waals surface area contributed by atoms with Crippen molar-refractivity contribution in [3.63, 3.8) is 0 Å². The SMILES string of the molecule is Cc1ccc(S(=O)(=O)NSSNS(=O)(=O)c2ccc(C)c(C)c2)cc1C. The standard InChI is InChI=1S/C16H20N2O4S4/c1-11-5-7-15(9-13(11)3)25(19,20)17-23-24-18-26(21,22)16-8-6-12(2)14(4)10-16/h5-10,17-18H,1-4H3. The van der Waals surface area contributed by atoms with Gasteiger partial charge in [0.2, 0.25) is 20.0 Å². The Hall–Kier alpha value is -1.04. The van der Waals surface area contributed by atoms with Gasteiger partial charge in [-0.3, -0.25) is 0 Å². The molecule has 0 amide bonds. The van der Waals surface area contributed by atoms with E-state index in [4.69, 9.17) is 0 Å². The Morgan fingerprint density at radius 1 is 0.615 bits per heavy atom. The topological polar surface area (TPSA) is 92.3 Å². The van der Waals surface area contributed by atoms with Crippen LogP contribution in [0.4, 0.5) is 0 Å². The summed E-state index contributed by atoms with van der Waals surface area (Å²) in [5, 5.41) is 0. The molecule has 0 saturated heterocycles. The molecule has 0 aliphatic carbocycles. The predicted molar refractivity (Wildman–Crippen MR) is 108 cm³/mol. The lowest BCUT2D eigenvalue weighted by atomic mass is 10.1. The number of sulfonamides is 2. The van der Waals surface area contributed by atoms with E-state index in [-0.39, 0.29) is 9.79 Å². The minimum atomic E-state index is -3.74. The van der Waals surface area contributed by atoms with Crippen molar-refractivity contribution < 1.29 is 16.8 Å². The maximum atomic E-state index is 12.2. The number of aryl methyl sites for hydroxylation is 4. The zero-order valence-corrected chi connectivity index (χ0v) is 18.0. The van der Waals surface area contributed by atoms with Crippen LogP contribution in [0.25, 0.3) is 0 Å². The van der Waals surface area contributed by atoms with E-state index in [0.717, 1.165) is 22.3 Å². The quantitative estimate of drug-likeness (QED) is 0.396. The smallest absolute Gasteiger partial charge is 0.206 e. The minimum absolute atomic E-state index is 0.130. The zero-order chi connectivity index (χ0) is 19.5. The van der Waals surface area contributed by atoms with Crippen LogP contribution >= 0.6 is 22.0 Å². The summed E-state index contributed by atoms with van der Waals surface area (Å²) in [5.74, 6) is 0. The summed E-state index contributed by atoms with van der Waals surface area (Å²) >= 11 is 0. The molecule has 2 aromatic rings. The molecule has 0 bridgehead atoms. The summed E-state index contributed by atoms with van der Waals surface area (Å²) in [5.41, 5.74) is 3.71. The number of nitrogens with one attached hydrogen (secondary N) is 2. The summed E-state index contributed by atoms with van der Waals surface area (Å²) in [6, 6.07) is 9.61. The fourth-order valence-corrected chi connectivity index (χ4v) is 7.12. The third-order valence-electron chi connectivity index (χ3n) is 3.91. The van der Waals surface area contributed by atoms with Gasteiger partial charge in [0, 0.05) is 22.0 Å². The lowest BCUT2D eigenvalue weighted by Crippen LogP contribution is -2.19. The van der Waals surface area contributed by atoms with Crippen LogP contribution in [-0.4, -0.2) is 16.8 Å². The van der Waals surface area contributed by atoms with Crippen molar-refractivity contribution in [1.29, 1.82) is 0 Å². The van der Waals surface area contributed by atoms with Crippen LogP contribution in [0.1, 0.15) is 22.3 Å². The van der Waals surface area contributed by atoms with Crippen LogP contribution in [0.3, 0.4) is 0 Å². The van der Waals surface area contributed by atoms with Gasteiger partial charge in [0.1, 0.15) is 0 Å². The Balaban J connectivity index is 1.98. The summed E-state index contributed by atoms with van der Waals surface area (Å²) < 4.78 is 53.6. The van der Waals surface area contributed by atoms with E-state index in [1.807, 2.05) is 27.7 Å². The first-order valence-corrected chi connectivity index (χ1v) is 12.7. The Labute approximate surface area is 162 Å². The van der Waals surface area contributed by atoms with E-state index in [1.165, 1.54) is 12.1 Å². The summed E-state index contributed by atoms with van der Waals surface area (Å²) in [6.07, 6.45) is 0. The van der Waals surface area contributed by atoms with Crippen molar-refractivity contribution in [3.05, 3.63) is 58.7 Å². The molecule has 142 valence electrons. The van der Waals surface area contributed by atoms with Gasteiger partial charge in [-0.15, -0.1) is 8.25 Å². The molecule has 0 saturated carbocycles. The van der Waals surface area contributed by atoms with Crippen LogP contribution < -0.4 is 8.25 Å². The molecule has 0 aliphatic rings. The Bertz CT molecular complexity index is 935. The van der Waals surface area contributed by atoms with Crippen LogP contribution in [-0.2, 0) is 20.0 Å². The average molecular weight is 433 g/mol. The zero-order valence-electron chi connectivity index (χ0n) is 14.7. The van der Waals surface area contributed by atoms with Crippen molar-refractivity contribution in [2.45, 2.75) is 37.5 Å². The molecule has 0 unspecified atom stereocenters. The molecule has 2 N–H and O–H groups in total. The third kappa shape index (κ3) is 5.24. The van der Waals surface area contributed by atoms with Gasteiger partial charge in [0.05, 0.1) is 9.79 Å². The first-order valence-electron chi connectivity index (χ1n) is 7.53. The van der Waals surface area contributed by atoms with E-state index < -0.39 is 20.0 Å². The van der Waals surface area contributed by atoms with Crippen molar-refractivity contribution >= 4 is 42.0 Å². The Morgan fingerprint density at radius 2 is 0.962 bits per heavy atom. The molecular weight excluding hydrogens is 412 g/mol. The largest absolute Gasteiger partial charge is 0.250 e. The first kappa shape index (κ1) is 21.3. The number of hydrogen-bond donors (Lipinski definition) is 2. The first-order chi connectivity index (χ1) is 12.0. The minimum Gasteiger partial charge on any atom is -0.206 e. The Morgan fingerprint density at radius 3 is 1.27 bits per heavy atom. The summed E-state index contributed by atoms with van der Waals surface area (Å²) in [6.45, 7) is 7.44. The van der Waals surface area contributed by atoms with E-state index in [0.29, 0.717) is 22.0 Å². The highest BCUT2D eigenvalue weighted by molar-refractivity contribution is 8.77. The maximum Gasteiger partial charge on any atom is 0.250 e. The monoisotopic (exact) mass is 432 g/mol. The summed E-state index contributed by atoms with van der Waals surface area (Å²) in [4.78, 5) is 0.261. The highest BCUT2D eigenvalue weighted by atomic mass is 33.1. The van der Waals surface area contributed by atoms with Crippen LogP contribution in [0.2, 0.25) is 0 Å². The van der Waals surface area contributed by atoms with Gasteiger partial charge in [-0.1, -0.05) is 12.1 Å². The van der Waals surface area contributed by atoms with Crippen molar-refractivity contribution in [3.8, 4) is 0 Å². The molecule has 0 heterocycles. The second-order valence-electron chi connectivity index (χ2n) is 5.83. The molecule has 2 rings (SSSR count). The van der Waals surface area contributed by atoms with Gasteiger partial charge in [-0.05, 0) is 74.2 Å². The molecule has 2 aromatic carbocycles. The van der Waals surface area contributed by atoms with E-state index in [1.54, 1.807) is 24.3 Å². The van der Waals surface area contributed by atoms with Crippen molar-refractivity contribution in [1.82, 2.24) is 8.25 Å². The van der Waals surface area contributed by atoms with Crippen LogP contribution in [0, 0.1) is 27.7 Å². The molecule has 0 radical (unpaired) electrons. The van der Waals surface area contributed by atoms with Gasteiger partial charge < -0.3 is 0 Å². The molecule has 0 aliphatic heterocycles.